The monoisotopic (exact) mass is 1050 g/mol. The number of aliphatic hydroxyl groups is 1. The first-order valence-electron chi connectivity index (χ1n) is 25.7. The highest BCUT2D eigenvalue weighted by molar-refractivity contribution is 5.87. The lowest BCUT2D eigenvalue weighted by Crippen LogP contribution is -2.36. The van der Waals surface area contributed by atoms with Crippen LogP contribution in [0.4, 0.5) is 21.2 Å². The number of ether oxygens (including phenoxy) is 4. The Balaban J connectivity index is 0.000000226. The summed E-state index contributed by atoms with van der Waals surface area (Å²) in [5.74, 6) is 1.53. The third kappa shape index (κ3) is 16.5. The maximum atomic E-state index is 12.9. The first-order valence-corrected chi connectivity index (χ1v) is 25.7. The van der Waals surface area contributed by atoms with Crippen molar-refractivity contribution < 1.29 is 38.4 Å². The minimum Gasteiger partial charge on any atom is -0.488 e. The van der Waals surface area contributed by atoms with Crippen LogP contribution in [0, 0.1) is 0 Å². The van der Waals surface area contributed by atoms with Crippen molar-refractivity contribution in [2.75, 3.05) is 11.5 Å². The molecule has 0 aliphatic rings. The molecule has 0 saturated carbocycles. The van der Waals surface area contributed by atoms with E-state index >= 15 is 0 Å². The number of aromatic nitrogens is 2. The van der Waals surface area contributed by atoms with Crippen molar-refractivity contribution in [2.45, 2.75) is 97.5 Å². The van der Waals surface area contributed by atoms with E-state index in [1.54, 1.807) is 26.8 Å². The van der Waals surface area contributed by atoms with E-state index in [-0.39, 0.29) is 23.8 Å². The van der Waals surface area contributed by atoms with Crippen molar-refractivity contribution in [3.8, 4) is 34.0 Å². The molecule has 0 bridgehead atoms. The van der Waals surface area contributed by atoms with Gasteiger partial charge in [0.25, 0.3) is 0 Å². The predicted octanol–water partition coefficient (Wildman–Crippen LogP) is 12.7. The lowest BCUT2D eigenvalue weighted by Gasteiger charge is -2.26. The van der Waals surface area contributed by atoms with Crippen LogP contribution in [-0.2, 0) is 42.1 Å². The first-order chi connectivity index (χ1) is 37.5. The maximum absolute atomic E-state index is 12.9. The third-order valence-corrected chi connectivity index (χ3v) is 12.1. The summed E-state index contributed by atoms with van der Waals surface area (Å²) in [4.78, 5) is 47.1. The van der Waals surface area contributed by atoms with Gasteiger partial charge in [-0.2, -0.15) is 0 Å². The van der Waals surface area contributed by atoms with E-state index in [1.165, 1.54) is 0 Å². The molecular formula is C64H68N6O8. The number of benzene rings is 6. The molecule has 0 radical (unpaired) electrons. The van der Waals surface area contributed by atoms with E-state index in [2.05, 4.69) is 20.6 Å². The van der Waals surface area contributed by atoms with Crippen molar-refractivity contribution in [1.82, 2.24) is 20.6 Å². The number of alkyl carbamates (subject to hydrolysis) is 2. The Morgan fingerprint density at radius 1 is 0.526 bits per heavy atom. The molecule has 14 nitrogen and oxygen atoms in total. The number of pyridine rings is 2. The Hall–Kier alpha value is -9.01. The molecule has 14 heteroatoms. The zero-order valence-electron chi connectivity index (χ0n) is 44.9. The smallest absolute Gasteiger partial charge is 0.408 e. The Morgan fingerprint density at radius 2 is 0.885 bits per heavy atom. The number of carbonyl (C=O) groups excluding carboxylic acids is 3. The maximum Gasteiger partial charge on any atom is 0.408 e. The second-order valence-electron chi connectivity index (χ2n) is 20.5. The standard InChI is InChI=1S/C32H35N3O4.C32H33N3O4/c2*1-32(2,3)39-31(37)35-27(18-22-12-6-4-7-13-22)25-19-28(34-30(33)26(25)20-36)24-16-10-11-17-29(24)38-21-23-14-8-5-9-15-23/h4-17,19,27,36H,18,20-21H2,1-3H3,(H2,33,34)(H,35,37);4-17,19-20,27H,18,21H2,1-3H3,(H2,33,34)(H,35,37). The Labute approximate surface area is 456 Å². The summed E-state index contributed by atoms with van der Waals surface area (Å²) in [7, 11) is 0. The number of amides is 2. The second kappa shape index (κ2) is 26.7. The van der Waals surface area contributed by atoms with Gasteiger partial charge < -0.3 is 46.2 Å². The molecular weight excluding hydrogens is 981 g/mol. The zero-order valence-corrected chi connectivity index (χ0v) is 44.9. The molecule has 0 saturated heterocycles. The number of anilines is 2. The summed E-state index contributed by atoms with van der Waals surface area (Å²) in [5, 5.41) is 16.2. The predicted molar refractivity (Wildman–Crippen MR) is 306 cm³/mol. The number of rotatable bonds is 18. The number of aldehydes is 1. The highest BCUT2D eigenvalue weighted by atomic mass is 16.6. The molecule has 8 aromatic rings. The molecule has 2 atom stereocenters. The van der Waals surface area contributed by atoms with Crippen LogP contribution in [0.1, 0.15) is 103 Å². The van der Waals surface area contributed by atoms with Crippen LogP contribution in [0.3, 0.4) is 0 Å². The SMILES string of the molecule is CC(C)(C)OC(=O)NC(Cc1ccccc1)c1cc(-c2ccccc2OCc2ccccc2)nc(N)c1C=O.CC(C)(C)OC(=O)NC(Cc1ccccc1)c1cc(-c2ccccc2OCc2ccccc2)nc(N)c1CO. The van der Waals surface area contributed by atoms with Gasteiger partial charge in [-0.15, -0.1) is 0 Å². The van der Waals surface area contributed by atoms with E-state index in [4.69, 9.17) is 30.4 Å². The molecule has 0 aliphatic carbocycles. The topological polar surface area (TPSA) is 210 Å². The summed E-state index contributed by atoms with van der Waals surface area (Å²) in [6.45, 7) is 11.3. The largest absolute Gasteiger partial charge is 0.488 e. The van der Waals surface area contributed by atoms with Crippen molar-refractivity contribution in [1.29, 1.82) is 0 Å². The number of hydrogen-bond donors (Lipinski definition) is 5. The summed E-state index contributed by atoms with van der Waals surface area (Å²) >= 11 is 0. The second-order valence-corrected chi connectivity index (χ2v) is 20.5. The van der Waals surface area contributed by atoms with Crippen LogP contribution < -0.4 is 31.6 Å². The van der Waals surface area contributed by atoms with Gasteiger partial charge in [0.1, 0.15) is 47.6 Å². The first kappa shape index (κ1) is 56.7. The molecule has 6 aromatic carbocycles. The normalized spacial score (nSPS) is 11.9. The lowest BCUT2D eigenvalue weighted by atomic mass is 9.93. The van der Waals surface area contributed by atoms with Gasteiger partial charge in [-0.3, -0.25) is 4.79 Å². The average Bonchev–Trinajstić information content (AvgIpc) is 3.41. The van der Waals surface area contributed by atoms with Gasteiger partial charge in [-0.25, -0.2) is 19.6 Å². The van der Waals surface area contributed by atoms with Crippen molar-refractivity contribution >= 4 is 30.1 Å². The van der Waals surface area contributed by atoms with Crippen molar-refractivity contribution in [3.63, 3.8) is 0 Å². The fourth-order valence-corrected chi connectivity index (χ4v) is 8.54. The fraction of sp³-hybridized carbons (Fsp3) is 0.234. The van der Waals surface area contributed by atoms with E-state index in [9.17, 15) is 19.5 Å². The summed E-state index contributed by atoms with van der Waals surface area (Å²) in [6.07, 6.45) is 0.395. The van der Waals surface area contributed by atoms with Gasteiger partial charge >= 0.3 is 12.2 Å². The van der Waals surface area contributed by atoms with Gasteiger partial charge in [0.05, 0.1) is 35.6 Å². The Morgan fingerprint density at radius 3 is 1.28 bits per heavy atom. The summed E-state index contributed by atoms with van der Waals surface area (Å²) < 4.78 is 23.4. The highest BCUT2D eigenvalue weighted by Crippen LogP contribution is 2.37. The van der Waals surface area contributed by atoms with Crippen LogP contribution in [0.2, 0.25) is 0 Å². The molecule has 2 amide bonds. The molecule has 402 valence electrons. The van der Waals surface area contributed by atoms with Gasteiger partial charge in [0.15, 0.2) is 6.29 Å². The van der Waals surface area contributed by atoms with Crippen molar-refractivity contribution in [3.05, 3.63) is 226 Å². The molecule has 78 heavy (non-hydrogen) atoms. The van der Waals surface area contributed by atoms with E-state index in [1.807, 2.05) is 197 Å². The van der Waals surface area contributed by atoms with Crippen LogP contribution in [0.15, 0.2) is 182 Å². The number of nitrogens with zero attached hydrogens (tertiary/aromatic N) is 2. The Kier molecular flexibility index (Phi) is 19.4. The minimum absolute atomic E-state index is 0.0689. The van der Waals surface area contributed by atoms with E-state index < -0.39 is 35.5 Å². The summed E-state index contributed by atoms with van der Waals surface area (Å²) in [5.41, 5.74) is 19.9. The van der Waals surface area contributed by atoms with Gasteiger partial charge in [-0.05, 0) is 124 Å². The van der Waals surface area contributed by atoms with Crippen LogP contribution in [0.5, 0.6) is 11.5 Å². The number of hydrogen-bond acceptors (Lipinski definition) is 12. The van der Waals surface area contributed by atoms with Gasteiger partial charge in [0.2, 0.25) is 0 Å². The van der Waals surface area contributed by atoms with Crippen LogP contribution >= 0.6 is 0 Å². The zero-order chi connectivity index (χ0) is 55.7. The summed E-state index contributed by atoms with van der Waals surface area (Å²) in [6, 6.07) is 56.9. The quantitative estimate of drug-likeness (QED) is 0.0508. The number of para-hydroxylation sites is 2. The number of nitrogens with two attached hydrogens (primary N) is 2. The lowest BCUT2D eigenvalue weighted by molar-refractivity contribution is 0.0491. The molecule has 8 rings (SSSR count). The molecule has 2 aromatic heterocycles. The number of aliphatic hydroxyl groups excluding tert-OH is 1. The Bertz CT molecular complexity index is 3240. The van der Waals surface area contributed by atoms with Crippen LogP contribution in [0.25, 0.3) is 22.5 Å². The molecule has 0 spiro atoms. The molecule has 0 aliphatic heterocycles. The number of nitrogens with one attached hydrogen (secondary N) is 2. The van der Waals surface area contributed by atoms with Gasteiger partial charge in [0, 0.05) is 16.7 Å². The van der Waals surface area contributed by atoms with E-state index in [0.717, 1.165) is 33.4 Å². The number of nitrogen functional groups attached to an aromatic ring is 2. The number of carbonyl (C=O) groups is 3. The minimum atomic E-state index is -0.688. The van der Waals surface area contributed by atoms with Crippen molar-refractivity contribution in [2.24, 2.45) is 0 Å². The molecule has 2 heterocycles. The molecule has 2 unspecified atom stereocenters. The third-order valence-electron chi connectivity index (χ3n) is 12.1. The van der Waals surface area contributed by atoms with E-state index in [0.29, 0.717) is 71.9 Å². The fourth-order valence-electron chi connectivity index (χ4n) is 8.54. The van der Waals surface area contributed by atoms with Gasteiger partial charge in [-0.1, -0.05) is 146 Å². The molecule has 7 N–H and O–H groups in total. The molecule has 0 fully saturated rings. The van der Waals surface area contributed by atoms with Crippen LogP contribution in [-0.4, -0.2) is 44.7 Å². The highest BCUT2D eigenvalue weighted by Gasteiger charge is 2.28. The average molecular weight is 1050 g/mol.